The number of aryl methyl sites for hydroxylation is 2. The van der Waals surface area contributed by atoms with Crippen LogP contribution < -0.4 is 0 Å². The molecule has 0 saturated heterocycles. The van der Waals surface area contributed by atoms with E-state index in [1.807, 2.05) is 20.9 Å². The molecule has 1 heterocycles. The van der Waals surface area contributed by atoms with Crippen LogP contribution in [-0.4, -0.2) is 9.78 Å². The van der Waals surface area contributed by atoms with E-state index in [0.717, 1.165) is 17.1 Å². The number of hydrogen-bond donors (Lipinski definition) is 0. The number of benzene rings is 1. The number of azo groups is 1. The normalized spacial score (nSPS) is 11.3. The molecule has 0 N–H and O–H groups in total. The third kappa shape index (κ3) is 2.38. The molecule has 0 bridgehead atoms. The molecule has 5 heteroatoms. The molecule has 0 spiro atoms. The minimum atomic E-state index is -0.280. The Bertz CT molecular complexity index is 555. The molecule has 0 fully saturated rings. The van der Waals surface area contributed by atoms with Crippen LogP contribution in [0.4, 0.5) is 15.8 Å². The predicted octanol–water partition coefficient (Wildman–Crippen LogP) is 3.59. The summed E-state index contributed by atoms with van der Waals surface area (Å²) in [6.07, 6.45) is 0. The molecular weight excluding hydrogens is 219 g/mol. The van der Waals surface area contributed by atoms with Gasteiger partial charge in [-0.05, 0) is 38.1 Å². The summed E-state index contributed by atoms with van der Waals surface area (Å²) in [5.74, 6) is -0.280. The van der Waals surface area contributed by atoms with Crippen molar-refractivity contribution < 1.29 is 4.39 Å². The van der Waals surface area contributed by atoms with Gasteiger partial charge in [-0.1, -0.05) is 0 Å². The second-order valence-electron chi connectivity index (χ2n) is 3.82. The lowest BCUT2D eigenvalue weighted by Gasteiger charge is -1.94. The average Bonchev–Trinajstić information content (AvgIpc) is 2.54. The third-order valence-corrected chi connectivity index (χ3v) is 2.56. The molecule has 0 aliphatic rings. The molecule has 0 aliphatic carbocycles. The molecular formula is C12H13FN4. The molecule has 0 aliphatic heterocycles. The van der Waals surface area contributed by atoms with Crippen molar-refractivity contribution in [1.29, 1.82) is 0 Å². The number of nitrogens with zero attached hydrogens (tertiary/aromatic N) is 4. The Labute approximate surface area is 98.8 Å². The molecule has 0 amide bonds. The van der Waals surface area contributed by atoms with Crippen LogP contribution in [0.1, 0.15) is 11.4 Å². The first-order valence-electron chi connectivity index (χ1n) is 5.25. The maximum atomic E-state index is 12.7. The van der Waals surface area contributed by atoms with Gasteiger partial charge in [-0.25, -0.2) is 4.39 Å². The summed E-state index contributed by atoms with van der Waals surface area (Å²) in [5, 5.41) is 12.4. The highest BCUT2D eigenvalue weighted by Crippen LogP contribution is 2.24. The highest BCUT2D eigenvalue weighted by atomic mass is 19.1. The van der Waals surface area contributed by atoms with Gasteiger partial charge in [0, 0.05) is 7.05 Å². The highest BCUT2D eigenvalue weighted by Gasteiger charge is 2.07. The van der Waals surface area contributed by atoms with Crippen molar-refractivity contribution in [1.82, 2.24) is 9.78 Å². The summed E-state index contributed by atoms with van der Waals surface area (Å²) in [5.41, 5.74) is 3.16. The minimum absolute atomic E-state index is 0.280. The van der Waals surface area contributed by atoms with Crippen LogP contribution in [0.2, 0.25) is 0 Å². The number of rotatable bonds is 2. The van der Waals surface area contributed by atoms with Crippen molar-refractivity contribution in [2.75, 3.05) is 0 Å². The highest BCUT2D eigenvalue weighted by molar-refractivity contribution is 5.46. The molecule has 2 rings (SSSR count). The van der Waals surface area contributed by atoms with Gasteiger partial charge in [0.05, 0.1) is 17.1 Å². The Morgan fingerprint density at radius 3 is 2.29 bits per heavy atom. The maximum Gasteiger partial charge on any atom is 0.129 e. The van der Waals surface area contributed by atoms with Crippen LogP contribution in [0.3, 0.4) is 0 Å². The average molecular weight is 232 g/mol. The Morgan fingerprint density at radius 2 is 1.76 bits per heavy atom. The number of halogens is 1. The van der Waals surface area contributed by atoms with E-state index in [0.29, 0.717) is 5.69 Å². The van der Waals surface area contributed by atoms with Gasteiger partial charge in [0.15, 0.2) is 0 Å². The van der Waals surface area contributed by atoms with Gasteiger partial charge in [-0.3, -0.25) is 4.68 Å². The largest absolute Gasteiger partial charge is 0.270 e. The summed E-state index contributed by atoms with van der Waals surface area (Å²) < 4.78 is 14.5. The molecule has 0 saturated carbocycles. The molecule has 0 radical (unpaired) electrons. The van der Waals surface area contributed by atoms with Crippen molar-refractivity contribution in [3.63, 3.8) is 0 Å². The molecule has 88 valence electrons. The van der Waals surface area contributed by atoms with Gasteiger partial charge in [0.2, 0.25) is 0 Å². The van der Waals surface area contributed by atoms with Gasteiger partial charge >= 0.3 is 0 Å². The fourth-order valence-electron chi connectivity index (χ4n) is 1.52. The molecule has 4 nitrogen and oxygen atoms in total. The van der Waals surface area contributed by atoms with Crippen molar-refractivity contribution in [3.05, 3.63) is 41.5 Å². The maximum absolute atomic E-state index is 12.7. The van der Waals surface area contributed by atoms with Gasteiger partial charge in [0.25, 0.3) is 0 Å². The summed E-state index contributed by atoms with van der Waals surface area (Å²) in [7, 11) is 1.86. The Morgan fingerprint density at radius 1 is 1.12 bits per heavy atom. The lowest BCUT2D eigenvalue weighted by Crippen LogP contribution is -1.91. The molecule has 0 unspecified atom stereocenters. The van der Waals surface area contributed by atoms with E-state index in [2.05, 4.69) is 15.3 Å². The predicted molar refractivity (Wildman–Crippen MR) is 63.3 cm³/mol. The van der Waals surface area contributed by atoms with Gasteiger partial charge in [-0.2, -0.15) is 10.2 Å². The van der Waals surface area contributed by atoms with Crippen LogP contribution in [0.15, 0.2) is 34.5 Å². The first-order chi connectivity index (χ1) is 8.08. The summed E-state index contributed by atoms with van der Waals surface area (Å²) in [6, 6.07) is 5.88. The Kier molecular flexibility index (Phi) is 2.99. The van der Waals surface area contributed by atoms with Crippen molar-refractivity contribution in [3.8, 4) is 0 Å². The van der Waals surface area contributed by atoms with Gasteiger partial charge < -0.3 is 0 Å². The molecule has 1 aromatic carbocycles. The summed E-state index contributed by atoms with van der Waals surface area (Å²) in [6.45, 7) is 3.81. The van der Waals surface area contributed by atoms with E-state index in [4.69, 9.17) is 0 Å². The van der Waals surface area contributed by atoms with Gasteiger partial charge in [0.1, 0.15) is 11.5 Å². The van der Waals surface area contributed by atoms with Gasteiger partial charge in [-0.15, -0.1) is 5.11 Å². The van der Waals surface area contributed by atoms with Crippen LogP contribution in [0.5, 0.6) is 0 Å². The minimum Gasteiger partial charge on any atom is -0.270 e. The molecule has 1 aromatic heterocycles. The first kappa shape index (κ1) is 11.4. The first-order valence-corrected chi connectivity index (χ1v) is 5.25. The SMILES string of the molecule is Cc1nn(C)c(C)c1N=Nc1ccc(F)cc1. The Hall–Kier alpha value is -2.04. The molecule has 2 aromatic rings. The lowest BCUT2D eigenvalue weighted by atomic mass is 10.3. The van der Waals surface area contributed by atoms with Crippen LogP contribution in [0, 0.1) is 19.7 Å². The van der Waals surface area contributed by atoms with E-state index < -0.39 is 0 Å². The second-order valence-corrected chi connectivity index (χ2v) is 3.82. The number of aromatic nitrogens is 2. The van der Waals surface area contributed by atoms with E-state index >= 15 is 0 Å². The fraction of sp³-hybridized carbons (Fsp3) is 0.250. The summed E-state index contributed by atoms with van der Waals surface area (Å²) in [4.78, 5) is 0. The molecule has 0 atom stereocenters. The second kappa shape index (κ2) is 4.45. The van der Waals surface area contributed by atoms with Crippen LogP contribution in [0.25, 0.3) is 0 Å². The summed E-state index contributed by atoms with van der Waals surface area (Å²) >= 11 is 0. The van der Waals surface area contributed by atoms with Crippen molar-refractivity contribution >= 4 is 11.4 Å². The van der Waals surface area contributed by atoms with E-state index in [1.165, 1.54) is 12.1 Å². The Balaban J connectivity index is 2.29. The number of hydrogen-bond acceptors (Lipinski definition) is 3. The zero-order chi connectivity index (χ0) is 12.4. The van der Waals surface area contributed by atoms with Crippen LogP contribution in [-0.2, 0) is 7.05 Å². The monoisotopic (exact) mass is 232 g/mol. The van der Waals surface area contributed by atoms with Crippen LogP contribution >= 0.6 is 0 Å². The third-order valence-electron chi connectivity index (χ3n) is 2.56. The zero-order valence-corrected chi connectivity index (χ0v) is 9.98. The van der Waals surface area contributed by atoms with E-state index in [1.54, 1.807) is 16.8 Å². The smallest absolute Gasteiger partial charge is 0.129 e. The topological polar surface area (TPSA) is 42.5 Å². The van der Waals surface area contributed by atoms with E-state index in [9.17, 15) is 4.39 Å². The van der Waals surface area contributed by atoms with Crippen molar-refractivity contribution in [2.24, 2.45) is 17.3 Å². The zero-order valence-electron chi connectivity index (χ0n) is 9.98. The van der Waals surface area contributed by atoms with Crippen molar-refractivity contribution in [2.45, 2.75) is 13.8 Å². The lowest BCUT2D eigenvalue weighted by molar-refractivity contribution is 0.628. The molecule has 17 heavy (non-hydrogen) atoms. The fourth-order valence-corrected chi connectivity index (χ4v) is 1.52. The van der Waals surface area contributed by atoms with E-state index in [-0.39, 0.29) is 5.82 Å². The standard InChI is InChI=1S/C12H13FN4/c1-8-12(9(2)17(3)16-8)15-14-11-6-4-10(13)5-7-11/h4-7H,1-3H3. The quantitative estimate of drug-likeness (QED) is 0.729.